The largest absolute Gasteiger partial charge is 0.395 e. The highest BCUT2D eigenvalue weighted by Crippen LogP contribution is 2.35. The van der Waals surface area contributed by atoms with E-state index in [0.29, 0.717) is 32.1 Å². The zero-order valence-corrected chi connectivity index (χ0v) is 17.9. The fourth-order valence-corrected chi connectivity index (χ4v) is 5.70. The second-order valence-corrected chi connectivity index (χ2v) is 9.92. The molecule has 3 aromatic rings. The Morgan fingerprint density at radius 1 is 1.03 bits per heavy atom. The summed E-state index contributed by atoms with van der Waals surface area (Å²) in [5.41, 5.74) is 4.79. The Morgan fingerprint density at radius 3 is 2.53 bits per heavy atom. The third-order valence-corrected chi connectivity index (χ3v) is 7.81. The van der Waals surface area contributed by atoms with Gasteiger partial charge in [0.25, 0.3) is 0 Å². The lowest BCUT2D eigenvalue weighted by molar-refractivity contribution is 0.293. The number of piperidine rings is 1. The minimum absolute atomic E-state index is 0.0159. The van der Waals surface area contributed by atoms with E-state index < -0.39 is 10.0 Å². The number of sulfonamides is 1. The van der Waals surface area contributed by atoms with E-state index in [4.69, 9.17) is 5.11 Å². The van der Waals surface area contributed by atoms with Gasteiger partial charge in [-0.15, -0.1) is 0 Å². The van der Waals surface area contributed by atoms with Crippen LogP contribution in [0.5, 0.6) is 0 Å². The Kier molecular flexibility index (Phi) is 6.53. The molecule has 1 aliphatic heterocycles. The summed E-state index contributed by atoms with van der Waals surface area (Å²) in [7, 11) is -3.26. The smallest absolute Gasteiger partial charge is 0.215 e. The number of aliphatic hydroxyl groups is 1. The van der Waals surface area contributed by atoms with Gasteiger partial charge < -0.3 is 15.4 Å². The lowest BCUT2D eigenvalue weighted by atomic mass is 9.89. The maximum absolute atomic E-state index is 12.6. The summed E-state index contributed by atoms with van der Waals surface area (Å²) in [5, 5.41) is 13.0. The van der Waals surface area contributed by atoms with Crippen LogP contribution in [0.4, 0.5) is 0 Å². The monoisotopic (exact) mass is 427 g/mol. The molecule has 0 bridgehead atoms. The number of fused-ring (bicyclic) bond motifs is 1. The van der Waals surface area contributed by atoms with Crippen molar-refractivity contribution in [3.8, 4) is 11.1 Å². The second-order valence-electron chi connectivity index (χ2n) is 7.83. The van der Waals surface area contributed by atoms with Crippen molar-refractivity contribution < 1.29 is 13.5 Å². The van der Waals surface area contributed by atoms with E-state index in [1.165, 1.54) is 22.1 Å². The molecule has 6 nitrogen and oxygen atoms in total. The SMILES string of the molecule is O=S(=O)(CCNCCO)N1CCC(c2c[nH]c3ccc(-c4ccccc4)cc23)CC1. The fourth-order valence-electron chi connectivity index (χ4n) is 4.27. The average Bonchev–Trinajstić information content (AvgIpc) is 3.21. The first-order chi connectivity index (χ1) is 14.6. The van der Waals surface area contributed by atoms with Crippen molar-refractivity contribution in [1.29, 1.82) is 0 Å². The molecule has 0 unspecified atom stereocenters. The molecule has 1 fully saturated rings. The van der Waals surface area contributed by atoms with E-state index in [1.807, 2.05) is 18.2 Å². The molecule has 1 saturated heterocycles. The zero-order chi connectivity index (χ0) is 21.0. The molecule has 2 aromatic carbocycles. The number of aromatic amines is 1. The first-order valence-corrected chi connectivity index (χ1v) is 12.2. The quantitative estimate of drug-likeness (QED) is 0.483. The van der Waals surface area contributed by atoms with E-state index in [-0.39, 0.29) is 12.4 Å². The number of H-pyrrole nitrogens is 1. The number of aromatic nitrogens is 1. The third kappa shape index (κ3) is 4.59. The molecule has 1 aromatic heterocycles. The van der Waals surface area contributed by atoms with Crippen LogP contribution in [0.2, 0.25) is 0 Å². The number of aliphatic hydroxyl groups excluding tert-OH is 1. The molecule has 0 spiro atoms. The van der Waals surface area contributed by atoms with E-state index in [2.05, 4.69) is 46.8 Å². The van der Waals surface area contributed by atoms with Crippen LogP contribution >= 0.6 is 0 Å². The van der Waals surface area contributed by atoms with Crippen LogP contribution in [-0.2, 0) is 10.0 Å². The highest BCUT2D eigenvalue weighted by Gasteiger charge is 2.29. The number of hydrogen-bond donors (Lipinski definition) is 3. The predicted molar refractivity (Wildman–Crippen MR) is 121 cm³/mol. The minimum Gasteiger partial charge on any atom is -0.395 e. The zero-order valence-electron chi connectivity index (χ0n) is 17.0. The molecule has 160 valence electrons. The average molecular weight is 428 g/mol. The van der Waals surface area contributed by atoms with Crippen LogP contribution in [0.15, 0.2) is 54.7 Å². The lowest BCUT2D eigenvalue weighted by Gasteiger charge is -2.31. The van der Waals surface area contributed by atoms with Gasteiger partial charge in [0.1, 0.15) is 0 Å². The first kappa shape index (κ1) is 21.1. The predicted octanol–water partition coefficient (Wildman–Crippen LogP) is 2.93. The molecule has 2 heterocycles. The number of benzene rings is 2. The van der Waals surface area contributed by atoms with Crippen molar-refractivity contribution in [3.63, 3.8) is 0 Å². The molecule has 0 saturated carbocycles. The number of nitrogens with one attached hydrogen (secondary N) is 2. The second kappa shape index (κ2) is 9.31. The molecule has 30 heavy (non-hydrogen) atoms. The van der Waals surface area contributed by atoms with Gasteiger partial charge in [-0.25, -0.2) is 12.7 Å². The van der Waals surface area contributed by atoms with E-state index >= 15 is 0 Å². The molecule has 0 atom stereocenters. The topological polar surface area (TPSA) is 85.4 Å². The number of rotatable bonds is 8. The minimum atomic E-state index is -3.26. The Bertz CT molecular complexity index is 1070. The van der Waals surface area contributed by atoms with Gasteiger partial charge in [0.15, 0.2) is 0 Å². The van der Waals surface area contributed by atoms with Gasteiger partial charge in [-0.2, -0.15) is 0 Å². The van der Waals surface area contributed by atoms with Crippen molar-refractivity contribution in [2.24, 2.45) is 0 Å². The van der Waals surface area contributed by atoms with Crippen LogP contribution in [0, 0.1) is 0 Å². The molecule has 0 amide bonds. The summed E-state index contributed by atoms with van der Waals surface area (Å²) in [6, 6.07) is 16.9. The summed E-state index contributed by atoms with van der Waals surface area (Å²) in [4.78, 5) is 3.38. The first-order valence-electron chi connectivity index (χ1n) is 10.5. The third-order valence-electron chi connectivity index (χ3n) is 5.93. The van der Waals surface area contributed by atoms with Gasteiger partial charge >= 0.3 is 0 Å². The van der Waals surface area contributed by atoms with Crippen LogP contribution in [0.3, 0.4) is 0 Å². The van der Waals surface area contributed by atoms with Crippen molar-refractivity contribution in [3.05, 3.63) is 60.3 Å². The molecule has 3 N–H and O–H groups in total. The van der Waals surface area contributed by atoms with Crippen molar-refractivity contribution >= 4 is 20.9 Å². The Labute approximate surface area is 178 Å². The van der Waals surface area contributed by atoms with Crippen LogP contribution in [0.25, 0.3) is 22.0 Å². The number of nitrogens with zero attached hydrogens (tertiary/aromatic N) is 1. The molecular weight excluding hydrogens is 398 g/mol. The summed E-state index contributed by atoms with van der Waals surface area (Å²) in [6.07, 6.45) is 3.74. The number of hydrogen-bond acceptors (Lipinski definition) is 4. The van der Waals surface area contributed by atoms with Crippen LogP contribution < -0.4 is 5.32 Å². The van der Waals surface area contributed by atoms with Gasteiger partial charge in [-0.05, 0) is 47.6 Å². The van der Waals surface area contributed by atoms with Gasteiger partial charge in [0.05, 0.1) is 12.4 Å². The molecule has 7 heteroatoms. The molecule has 0 radical (unpaired) electrons. The van der Waals surface area contributed by atoms with Crippen molar-refractivity contribution in [2.45, 2.75) is 18.8 Å². The Balaban J connectivity index is 1.46. The lowest BCUT2D eigenvalue weighted by Crippen LogP contribution is -2.41. The van der Waals surface area contributed by atoms with E-state index in [1.54, 1.807) is 4.31 Å². The summed E-state index contributed by atoms with van der Waals surface area (Å²) < 4.78 is 26.8. The van der Waals surface area contributed by atoms with Crippen LogP contribution in [-0.4, -0.2) is 61.4 Å². The summed E-state index contributed by atoms with van der Waals surface area (Å²) >= 11 is 0. The Morgan fingerprint density at radius 2 is 1.80 bits per heavy atom. The van der Waals surface area contributed by atoms with Crippen LogP contribution in [0.1, 0.15) is 24.3 Å². The standard InChI is InChI=1S/C23H29N3O3S/c27-14-10-24-11-15-30(28,29)26-12-8-19(9-13-26)22-17-25-23-7-6-20(16-21(22)23)18-4-2-1-3-5-18/h1-7,16-17,19,24-25,27H,8-15H2. The van der Waals surface area contributed by atoms with Gasteiger partial charge in [0, 0.05) is 43.3 Å². The van der Waals surface area contributed by atoms with E-state index in [9.17, 15) is 8.42 Å². The van der Waals surface area contributed by atoms with E-state index in [0.717, 1.165) is 18.4 Å². The van der Waals surface area contributed by atoms with Gasteiger partial charge in [0.2, 0.25) is 10.0 Å². The highest BCUT2D eigenvalue weighted by atomic mass is 32.2. The molecule has 1 aliphatic rings. The summed E-state index contributed by atoms with van der Waals surface area (Å²) in [5.74, 6) is 0.425. The van der Waals surface area contributed by atoms with Crippen molar-refractivity contribution in [2.75, 3.05) is 38.5 Å². The molecule has 4 rings (SSSR count). The fraction of sp³-hybridized carbons (Fsp3) is 0.391. The Hall–Kier alpha value is -2.19. The van der Waals surface area contributed by atoms with Gasteiger partial charge in [-0.1, -0.05) is 36.4 Å². The summed E-state index contributed by atoms with van der Waals surface area (Å²) in [6.45, 7) is 1.91. The van der Waals surface area contributed by atoms with Crippen molar-refractivity contribution in [1.82, 2.24) is 14.6 Å². The maximum atomic E-state index is 12.6. The highest BCUT2D eigenvalue weighted by molar-refractivity contribution is 7.89. The molecular formula is C23H29N3O3S. The van der Waals surface area contributed by atoms with Gasteiger partial charge in [-0.3, -0.25) is 0 Å². The maximum Gasteiger partial charge on any atom is 0.215 e. The molecule has 0 aliphatic carbocycles. The normalized spacial score (nSPS) is 16.3.